The highest BCUT2D eigenvalue weighted by atomic mass is 31.2. The van der Waals surface area contributed by atoms with E-state index in [0.29, 0.717) is 31.6 Å². The SMILES string of the molecule is CCCCCCCCCCCCCCCCCCCCCCCCC(=O)O[C@H](COC(=O)CCCCCCCCCCCCCCCC(C)C)COP(=O)(O)OC[C@@H](O)COP(=O)(O)OC[C@@H](COC(=O)CCCCCCCCCC(C)C)OC(=O)CCCCCCCCCCCCCCCC(C)C. The lowest BCUT2D eigenvalue weighted by atomic mass is 10.0. The van der Waals surface area contributed by atoms with Crippen LogP contribution in [0, 0.1) is 17.8 Å². The summed E-state index contributed by atoms with van der Waals surface area (Å²) in [4.78, 5) is 73.2. The van der Waals surface area contributed by atoms with Crippen LogP contribution in [0.3, 0.4) is 0 Å². The third-order valence-electron chi connectivity index (χ3n) is 19.9. The van der Waals surface area contributed by atoms with E-state index in [1.807, 2.05) is 0 Å². The summed E-state index contributed by atoms with van der Waals surface area (Å²) in [6.07, 6.45) is 65.4. The number of unbranched alkanes of at least 4 members (excludes halogenated alkanes) is 51. The van der Waals surface area contributed by atoms with Crippen molar-refractivity contribution in [3.8, 4) is 0 Å². The summed E-state index contributed by atoms with van der Waals surface area (Å²) < 4.78 is 68.8. The predicted molar refractivity (Wildman–Crippen MR) is 428 cm³/mol. The van der Waals surface area contributed by atoms with Crippen LogP contribution in [0.4, 0.5) is 0 Å². The van der Waals surface area contributed by atoms with Gasteiger partial charge in [-0.25, -0.2) is 9.13 Å². The van der Waals surface area contributed by atoms with Gasteiger partial charge in [0.2, 0.25) is 0 Å². The number of carbonyl (C=O) groups is 4. The van der Waals surface area contributed by atoms with Gasteiger partial charge in [0.1, 0.15) is 19.3 Å². The Morgan fingerprint density at radius 1 is 0.260 bits per heavy atom. The number of carbonyl (C=O) groups excluding carboxylic acids is 4. The first-order chi connectivity index (χ1) is 50.2. The minimum absolute atomic E-state index is 0.106. The van der Waals surface area contributed by atoms with Gasteiger partial charge in [-0.1, -0.05) is 395 Å². The molecule has 5 atom stereocenters. The fourth-order valence-corrected chi connectivity index (χ4v) is 14.8. The van der Waals surface area contributed by atoms with Gasteiger partial charge in [0.25, 0.3) is 0 Å². The van der Waals surface area contributed by atoms with E-state index in [0.717, 1.165) is 108 Å². The van der Waals surface area contributed by atoms with E-state index < -0.39 is 97.5 Å². The molecule has 0 amide bonds. The molecule has 0 aliphatic carbocycles. The van der Waals surface area contributed by atoms with E-state index in [1.165, 1.54) is 250 Å². The first kappa shape index (κ1) is 102. The molecular weight excluding hydrogens is 1350 g/mol. The number of ether oxygens (including phenoxy) is 4. The molecule has 17 nitrogen and oxygen atoms in total. The lowest BCUT2D eigenvalue weighted by Gasteiger charge is -2.21. The topological polar surface area (TPSA) is 237 Å². The van der Waals surface area contributed by atoms with Crippen LogP contribution in [0.25, 0.3) is 0 Å². The Bertz CT molecular complexity index is 2010. The van der Waals surface area contributed by atoms with E-state index in [1.54, 1.807) is 0 Å². The van der Waals surface area contributed by atoms with Gasteiger partial charge in [-0.2, -0.15) is 0 Å². The molecule has 618 valence electrons. The summed E-state index contributed by atoms with van der Waals surface area (Å²) in [6.45, 7) is 11.9. The van der Waals surface area contributed by atoms with Crippen LogP contribution in [-0.4, -0.2) is 96.7 Å². The highest BCUT2D eigenvalue weighted by Gasteiger charge is 2.30. The quantitative estimate of drug-likeness (QED) is 0.0222. The summed E-state index contributed by atoms with van der Waals surface area (Å²) in [6, 6.07) is 0. The number of phosphoric ester groups is 2. The number of aliphatic hydroxyl groups excluding tert-OH is 1. The molecular formula is C85H166O17P2. The average molecular weight is 1520 g/mol. The lowest BCUT2D eigenvalue weighted by molar-refractivity contribution is -0.161. The van der Waals surface area contributed by atoms with Crippen molar-refractivity contribution in [2.45, 2.75) is 465 Å². The molecule has 0 aliphatic heterocycles. The highest BCUT2D eigenvalue weighted by molar-refractivity contribution is 7.47. The Hall–Kier alpha value is -1.94. The predicted octanol–water partition coefficient (Wildman–Crippen LogP) is 25.7. The molecule has 0 saturated heterocycles. The fourth-order valence-electron chi connectivity index (χ4n) is 13.2. The van der Waals surface area contributed by atoms with Crippen LogP contribution in [-0.2, 0) is 65.4 Å². The highest BCUT2D eigenvalue weighted by Crippen LogP contribution is 2.45. The first-order valence-corrected chi connectivity index (χ1v) is 46.8. The normalized spacial score (nSPS) is 13.9. The summed E-state index contributed by atoms with van der Waals surface area (Å²) in [7, 11) is -9.93. The van der Waals surface area contributed by atoms with Gasteiger partial charge < -0.3 is 33.8 Å². The third kappa shape index (κ3) is 78.2. The molecule has 0 rings (SSSR count). The van der Waals surface area contributed by atoms with Crippen LogP contribution in [0.5, 0.6) is 0 Å². The average Bonchev–Trinajstić information content (AvgIpc) is 0.920. The van der Waals surface area contributed by atoms with E-state index in [4.69, 9.17) is 37.0 Å². The smallest absolute Gasteiger partial charge is 0.462 e. The van der Waals surface area contributed by atoms with Crippen LogP contribution in [0.2, 0.25) is 0 Å². The minimum atomic E-state index is -4.97. The van der Waals surface area contributed by atoms with Crippen LogP contribution < -0.4 is 0 Å². The van der Waals surface area contributed by atoms with E-state index in [2.05, 4.69) is 48.5 Å². The zero-order valence-electron chi connectivity index (χ0n) is 68.5. The molecule has 0 saturated carbocycles. The van der Waals surface area contributed by atoms with Crippen molar-refractivity contribution < 1.29 is 80.2 Å². The second-order valence-electron chi connectivity index (χ2n) is 32.0. The maximum absolute atomic E-state index is 13.1. The van der Waals surface area contributed by atoms with Crippen molar-refractivity contribution in [3.05, 3.63) is 0 Å². The summed E-state index contributed by atoms with van der Waals surface area (Å²) in [5.41, 5.74) is 0. The zero-order valence-corrected chi connectivity index (χ0v) is 70.3. The molecule has 0 aromatic heterocycles. The lowest BCUT2D eigenvalue weighted by Crippen LogP contribution is -2.30. The van der Waals surface area contributed by atoms with Gasteiger partial charge >= 0.3 is 39.5 Å². The molecule has 0 aromatic rings. The van der Waals surface area contributed by atoms with Crippen molar-refractivity contribution >= 4 is 39.5 Å². The Labute approximate surface area is 638 Å². The number of aliphatic hydroxyl groups is 1. The van der Waals surface area contributed by atoms with Crippen molar-refractivity contribution in [2.75, 3.05) is 39.6 Å². The van der Waals surface area contributed by atoms with E-state index in [-0.39, 0.29) is 25.7 Å². The van der Waals surface area contributed by atoms with Gasteiger partial charge in [-0.05, 0) is 43.4 Å². The fraction of sp³-hybridized carbons (Fsp3) is 0.953. The number of hydrogen-bond acceptors (Lipinski definition) is 15. The number of hydrogen-bond donors (Lipinski definition) is 3. The number of phosphoric acid groups is 2. The van der Waals surface area contributed by atoms with Crippen molar-refractivity contribution in [1.82, 2.24) is 0 Å². The second-order valence-corrected chi connectivity index (χ2v) is 34.9. The standard InChI is InChI=1S/C85H166O17P2/c1-8-9-10-11-12-13-14-15-16-17-18-19-20-21-22-23-28-34-39-46-54-61-68-84(89)101-80(72-95-82(87)66-59-52-45-38-33-29-24-26-31-36-42-49-56-63-76(2)3)74-99-103(91,92)97-70-79(86)71-98-104(93,94)100-75-81(73-96-83(88)67-60-53-48-41-44-51-58-65-78(6)7)102-85(90)69-62-55-47-40-35-30-25-27-32-37-43-50-57-64-77(4)5/h76-81,86H,8-75H2,1-7H3,(H,91,92)(H,93,94)/t79-,80-,81-/m1/s1. The Balaban J connectivity index is 5.22. The largest absolute Gasteiger partial charge is 0.472 e. The maximum Gasteiger partial charge on any atom is 0.472 e. The van der Waals surface area contributed by atoms with Gasteiger partial charge in [-0.15, -0.1) is 0 Å². The molecule has 0 aromatic carbocycles. The summed E-state index contributed by atoms with van der Waals surface area (Å²) in [5, 5.41) is 10.7. The van der Waals surface area contributed by atoms with Gasteiger partial charge in [0.05, 0.1) is 26.4 Å². The summed E-state index contributed by atoms with van der Waals surface area (Å²) >= 11 is 0. The Morgan fingerprint density at radius 3 is 0.654 bits per heavy atom. The zero-order chi connectivity index (χ0) is 76.5. The van der Waals surface area contributed by atoms with E-state index in [9.17, 15) is 43.2 Å². The Morgan fingerprint density at radius 2 is 0.442 bits per heavy atom. The number of esters is 4. The van der Waals surface area contributed by atoms with Crippen LogP contribution in [0.1, 0.15) is 447 Å². The maximum atomic E-state index is 13.1. The Kier molecular flexibility index (Phi) is 73.7. The summed E-state index contributed by atoms with van der Waals surface area (Å²) in [5.74, 6) is 0.174. The monoisotopic (exact) mass is 1520 g/mol. The molecule has 0 fully saturated rings. The number of rotatable bonds is 83. The molecule has 19 heteroatoms. The molecule has 3 N–H and O–H groups in total. The van der Waals surface area contributed by atoms with Crippen molar-refractivity contribution in [3.63, 3.8) is 0 Å². The molecule has 0 radical (unpaired) electrons. The minimum Gasteiger partial charge on any atom is -0.462 e. The van der Waals surface area contributed by atoms with Crippen LogP contribution in [0.15, 0.2) is 0 Å². The molecule has 104 heavy (non-hydrogen) atoms. The van der Waals surface area contributed by atoms with Crippen LogP contribution >= 0.6 is 15.6 Å². The molecule has 0 bridgehead atoms. The molecule has 2 unspecified atom stereocenters. The molecule has 0 spiro atoms. The molecule has 0 aliphatic rings. The second kappa shape index (κ2) is 75.1. The van der Waals surface area contributed by atoms with E-state index >= 15 is 0 Å². The van der Waals surface area contributed by atoms with Crippen molar-refractivity contribution in [1.29, 1.82) is 0 Å². The molecule has 0 heterocycles. The van der Waals surface area contributed by atoms with Gasteiger partial charge in [0, 0.05) is 25.7 Å². The van der Waals surface area contributed by atoms with Gasteiger partial charge in [-0.3, -0.25) is 37.3 Å². The van der Waals surface area contributed by atoms with Gasteiger partial charge in [0.15, 0.2) is 12.2 Å². The van der Waals surface area contributed by atoms with Crippen molar-refractivity contribution in [2.24, 2.45) is 17.8 Å². The first-order valence-electron chi connectivity index (χ1n) is 43.8. The third-order valence-corrected chi connectivity index (χ3v) is 21.8.